The number of aryl methyl sites for hydroxylation is 2. The smallest absolute Gasteiger partial charge is 0.0469 e. The van der Waals surface area contributed by atoms with Crippen molar-refractivity contribution < 1.29 is 0 Å². The summed E-state index contributed by atoms with van der Waals surface area (Å²) in [5.41, 5.74) is 10.3. The molecule has 0 aliphatic heterocycles. The topological polar surface area (TPSA) is 0 Å². The zero-order valence-corrected chi connectivity index (χ0v) is 14.9. The van der Waals surface area contributed by atoms with Gasteiger partial charge in [0.2, 0.25) is 0 Å². The van der Waals surface area contributed by atoms with Crippen LogP contribution in [0, 0.1) is 6.92 Å². The van der Waals surface area contributed by atoms with Crippen LogP contribution in [0.1, 0.15) is 34.2 Å². The Morgan fingerprint density at radius 2 is 1.38 bits per heavy atom. The molecule has 26 heavy (non-hydrogen) atoms. The lowest BCUT2D eigenvalue weighted by Gasteiger charge is -2.29. The highest BCUT2D eigenvalue weighted by molar-refractivity contribution is 5.89. The molecule has 1 unspecified atom stereocenters. The van der Waals surface area contributed by atoms with Gasteiger partial charge >= 0.3 is 0 Å². The van der Waals surface area contributed by atoms with Gasteiger partial charge in [0.05, 0.1) is 0 Å². The SMILES string of the molecule is Cc1ccc2c(c1)C1(CCc3cc4ccccc4cc31)c1ccccc1-2. The molecule has 2 aliphatic carbocycles. The second-order valence-electron chi connectivity index (χ2n) is 7.86. The van der Waals surface area contributed by atoms with Crippen molar-refractivity contribution >= 4 is 10.8 Å². The lowest BCUT2D eigenvalue weighted by Crippen LogP contribution is -2.23. The average Bonchev–Trinajstić information content (AvgIpc) is 3.18. The summed E-state index contributed by atoms with van der Waals surface area (Å²) in [5, 5.41) is 2.71. The van der Waals surface area contributed by atoms with E-state index in [1.54, 1.807) is 0 Å². The van der Waals surface area contributed by atoms with E-state index < -0.39 is 0 Å². The third-order valence-corrected chi connectivity index (χ3v) is 6.51. The molecule has 0 saturated carbocycles. The molecule has 0 N–H and O–H groups in total. The summed E-state index contributed by atoms with van der Waals surface area (Å²) in [5.74, 6) is 0. The Labute approximate surface area is 154 Å². The molecule has 0 aromatic heterocycles. The van der Waals surface area contributed by atoms with Crippen molar-refractivity contribution in [1.29, 1.82) is 0 Å². The van der Waals surface area contributed by atoms with Crippen LogP contribution >= 0.6 is 0 Å². The third-order valence-electron chi connectivity index (χ3n) is 6.51. The second-order valence-corrected chi connectivity index (χ2v) is 7.86. The van der Waals surface area contributed by atoms with E-state index in [2.05, 4.69) is 85.8 Å². The zero-order chi connectivity index (χ0) is 17.3. The largest absolute Gasteiger partial charge is 0.0619 e. The molecule has 0 radical (unpaired) electrons. The van der Waals surface area contributed by atoms with Gasteiger partial charge in [-0.05, 0) is 70.0 Å². The van der Waals surface area contributed by atoms with E-state index in [-0.39, 0.29) is 5.41 Å². The molecule has 0 saturated heterocycles. The summed E-state index contributed by atoms with van der Waals surface area (Å²) in [4.78, 5) is 0. The van der Waals surface area contributed by atoms with Crippen molar-refractivity contribution in [2.45, 2.75) is 25.2 Å². The minimum absolute atomic E-state index is 0.0251. The Hall–Kier alpha value is -2.86. The molecule has 1 spiro atoms. The van der Waals surface area contributed by atoms with Gasteiger partial charge in [0, 0.05) is 5.41 Å². The van der Waals surface area contributed by atoms with Gasteiger partial charge in [-0.3, -0.25) is 0 Å². The maximum Gasteiger partial charge on any atom is 0.0469 e. The predicted octanol–water partition coefficient (Wildman–Crippen LogP) is 6.41. The molecular weight excluding hydrogens is 312 g/mol. The van der Waals surface area contributed by atoms with Gasteiger partial charge in [0.25, 0.3) is 0 Å². The van der Waals surface area contributed by atoms with E-state index in [4.69, 9.17) is 0 Å². The molecule has 124 valence electrons. The first-order valence-corrected chi connectivity index (χ1v) is 9.50. The summed E-state index contributed by atoms with van der Waals surface area (Å²) in [6, 6.07) is 29.7. The Balaban J connectivity index is 1.75. The molecule has 0 heteroatoms. The van der Waals surface area contributed by atoms with Crippen LogP contribution in [0.3, 0.4) is 0 Å². The molecule has 0 bridgehead atoms. The van der Waals surface area contributed by atoms with E-state index >= 15 is 0 Å². The van der Waals surface area contributed by atoms with E-state index in [1.165, 1.54) is 56.1 Å². The molecule has 1 atom stereocenters. The highest BCUT2D eigenvalue weighted by Gasteiger charge is 2.48. The molecule has 0 fully saturated rings. The zero-order valence-electron chi connectivity index (χ0n) is 14.9. The maximum absolute atomic E-state index is 2.46. The molecule has 0 heterocycles. The van der Waals surface area contributed by atoms with Crippen molar-refractivity contribution in [3.63, 3.8) is 0 Å². The van der Waals surface area contributed by atoms with Crippen LogP contribution in [0.2, 0.25) is 0 Å². The van der Waals surface area contributed by atoms with E-state index in [0.29, 0.717) is 0 Å². The second kappa shape index (κ2) is 4.86. The van der Waals surface area contributed by atoms with Gasteiger partial charge < -0.3 is 0 Å². The quantitative estimate of drug-likeness (QED) is 0.349. The summed E-state index contributed by atoms with van der Waals surface area (Å²) < 4.78 is 0. The van der Waals surface area contributed by atoms with Gasteiger partial charge in [-0.15, -0.1) is 0 Å². The first-order valence-electron chi connectivity index (χ1n) is 9.50. The Morgan fingerprint density at radius 1 is 0.654 bits per heavy atom. The molecule has 4 aromatic rings. The molecule has 4 aromatic carbocycles. The lowest BCUT2D eigenvalue weighted by atomic mass is 9.73. The van der Waals surface area contributed by atoms with Crippen LogP contribution in [0.4, 0.5) is 0 Å². The van der Waals surface area contributed by atoms with E-state index in [0.717, 1.165) is 6.42 Å². The fourth-order valence-electron chi connectivity index (χ4n) is 5.39. The predicted molar refractivity (Wildman–Crippen MR) is 109 cm³/mol. The molecular formula is C26H20. The van der Waals surface area contributed by atoms with Gasteiger partial charge in [0.15, 0.2) is 0 Å². The Morgan fingerprint density at radius 3 is 2.27 bits per heavy atom. The molecule has 0 nitrogen and oxygen atoms in total. The van der Waals surface area contributed by atoms with Crippen LogP contribution in [-0.2, 0) is 11.8 Å². The summed E-state index contributed by atoms with van der Waals surface area (Å²) >= 11 is 0. The Kier molecular flexibility index (Phi) is 2.68. The highest BCUT2D eigenvalue weighted by Crippen LogP contribution is 2.58. The van der Waals surface area contributed by atoms with Crippen LogP contribution < -0.4 is 0 Å². The number of rotatable bonds is 0. The van der Waals surface area contributed by atoms with Gasteiger partial charge in [-0.25, -0.2) is 0 Å². The first-order chi connectivity index (χ1) is 12.8. The molecule has 6 rings (SSSR count). The fourth-order valence-corrected chi connectivity index (χ4v) is 5.39. The fraction of sp³-hybridized carbons (Fsp3) is 0.154. The average molecular weight is 332 g/mol. The number of benzene rings is 4. The van der Waals surface area contributed by atoms with Crippen LogP contribution in [0.15, 0.2) is 78.9 Å². The van der Waals surface area contributed by atoms with E-state index in [1.807, 2.05) is 0 Å². The Bertz CT molecular complexity index is 1200. The lowest BCUT2D eigenvalue weighted by molar-refractivity contribution is 0.626. The highest BCUT2D eigenvalue weighted by atomic mass is 14.5. The minimum atomic E-state index is 0.0251. The summed E-state index contributed by atoms with van der Waals surface area (Å²) in [6.45, 7) is 2.22. The number of hydrogen-bond acceptors (Lipinski definition) is 0. The van der Waals surface area contributed by atoms with Crippen molar-refractivity contribution in [3.8, 4) is 11.1 Å². The van der Waals surface area contributed by atoms with Crippen molar-refractivity contribution in [1.82, 2.24) is 0 Å². The number of hydrogen-bond donors (Lipinski definition) is 0. The molecule has 2 aliphatic rings. The van der Waals surface area contributed by atoms with Crippen molar-refractivity contribution in [2.75, 3.05) is 0 Å². The molecule has 0 amide bonds. The van der Waals surface area contributed by atoms with Crippen molar-refractivity contribution in [3.05, 3.63) is 107 Å². The number of fused-ring (bicyclic) bond motifs is 8. The normalized spacial score (nSPS) is 19.6. The van der Waals surface area contributed by atoms with Gasteiger partial charge in [0.1, 0.15) is 0 Å². The van der Waals surface area contributed by atoms with Crippen LogP contribution in [0.25, 0.3) is 21.9 Å². The first kappa shape index (κ1) is 14.3. The van der Waals surface area contributed by atoms with Crippen molar-refractivity contribution in [2.24, 2.45) is 0 Å². The van der Waals surface area contributed by atoms with Crippen LogP contribution in [0.5, 0.6) is 0 Å². The van der Waals surface area contributed by atoms with E-state index in [9.17, 15) is 0 Å². The maximum atomic E-state index is 2.46. The summed E-state index contributed by atoms with van der Waals surface area (Å²) in [6.07, 6.45) is 2.33. The van der Waals surface area contributed by atoms with Crippen LogP contribution in [-0.4, -0.2) is 0 Å². The van der Waals surface area contributed by atoms with Gasteiger partial charge in [-0.1, -0.05) is 78.4 Å². The minimum Gasteiger partial charge on any atom is -0.0619 e. The standard InChI is InChI=1S/C26H20/c1-17-10-11-22-21-8-4-5-9-23(21)26(25(22)14-17)13-12-20-15-18-6-2-3-7-19(18)16-24(20)26/h2-11,14-16H,12-13H2,1H3. The monoisotopic (exact) mass is 332 g/mol. The summed E-state index contributed by atoms with van der Waals surface area (Å²) in [7, 11) is 0. The third kappa shape index (κ3) is 1.65. The van der Waals surface area contributed by atoms with Gasteiger partial charge in [-0.2, -0.15) is 0 Å².